The first-order chi connectivity index (χ1) is 9.75. The lowest BCUT2D eigenvalue weighted by molar-refractivity contribution is 0.328. The van der Waals surface area contributed by atoms with Crippen molar-refractivity contribution in [2.45, 2.75) is 116 Å². The maximum atomic E-state index is 5.68. The van der Waals surface area contributed by atoms with E-state index in [1.807, 2.05) is 0 Å². The summed E-state index contributed by atoms with van der Waals surface area (Å²) < 4.78 is 5.68. The van der Waals surface area contributed by atoms with E-state index >= 15 is 0 Å². The number of ether oxygens (including phenoxy) is 1. The van der Waals surface area contributed by atoms with Gasteiger partial charge in [0.2, 0.25) is 0 Å². The molecule has 1 rings (SSSR count). The van der Waals surface area contributed by atoms with E-state index in [1.165, 1.54) is 83.5 Å². The molecule has 1 saturated heterocycles. The summed E-state index contributed by atoms with van der Waals surface area (Å²) in [5, 5.41) is 0. The van der Waals surface area contributed by atoms with E-state index in [4.69, 9.17) is 4.74 Å². The molecule has 0 bridgehead atoms. The van der Waals surface area contributed by atoms with E-state index in [-0.39, 0.29) is 0 Å². The summed E-state index contributed by atoms with van der Waals surface area (Å²) in [6, 6.07) is 0. The number of rotatable bonds is 14. The molecule has 120 valence electrons. The number of unbranched alkanes of at least 4 members (excludes halogenated alkanes) is 11. The van der Waals surface area contributed by atoms with Crippen molar-refractivity contribution < 1.29 is 4.74 Å². The second kappa shape index (κ2) is 11.6. The summed E-state index contributed by atoms with van der Waals surface area (Å²) in [5.41, 5.74) is 0. The van der Waals surface area contributed by atoms with Gasteiger partial charge < -0.3 is 4.74 Å². The zero-order valence-corrected chi connectivity index (χ0v) is 14.3. The lowest BCUT2D eigenvalue weighted by Gasteiger charge is -2.02. The molecule has 0 amide bonds. The molecule has 0 radical (unpaired) electrons. The summed E-state index contributed by atoms with van der Waals surface area (Å²) in [7, 11) is 0. The SMILES string of the molecule is CCCCCCCCCCCCCCC1OC1C(C)C. The van der Waals surface area contributed by atoms with Gasteiger partial charge in [0.15, 0.2) is 0 Å². The van der Waals surface area contributed by atoms with E-state index in [0.717, 1.165) is 5.92 Å². The maximum absolute atomic E-state index is 5.68. The van der Waals surface area contributed by atoms with Crippen molar-refractivity contribution in [3.8, 4) is 0 Å². The van der Waals surface area contributed by atoms with E-state index in [2.05, 4.69) is 20.8 Å². The molecule has 0 aromatic rings. The topological polar surface area (TPSA) is 12.5 Å². The van der Waals surface area contributed by atoms with Crippen LogP contribution < -0.4 is 0 Å². The van der Waals surface area contributed by atoms with Crippen LogP contribution >= 0.6 is 0 Å². The fraction of sp³-hybridized carbons (Fsp3) is 1.00. The van der Waals surface area contributed by atoms with E-state index < -0.39 is 0 Å². The lowest BCUT2D eigenvalue weighted by atomic mass is 10.0. The Morgan fingerprint density at radius 2 is 1.15 bits per heavy atom. The quantitative estimate of drug-likeness (QED) is 0.261. The van der Waals surface area contributed by atoms with Gasteiger partial charge in [-0.25, -0.2) is 0 Å². The van der Waals surface area contributed by atoms with Crippen LogP contribution in [0.1, 0.15) is 104 Å². The molecule has 2 atom stereocenters. The fourth-order valence-corrected chi connectivity index (χ4v) is 3.16. The average Bonchev–Trinajstić information content (AvgIpc) is 3.20. The summed E-state index contributed by atoms with van der Waals surface area (Å²) in [6.45, 7) is 6.83. The van der Waals surface area contributed by atoms with Gasteiger partial charge in [-0.2, -0.15) is 0 Å². The molecule has 20 heavy (non-hydrogen) atoms. The Morgan fingerprint density at radius 3 is 1.55 bits per heavy atom. The first-order valence-electron chi connectivity index (χ1n) is 9.41. The van der Waals surface area contributed by atoms with Gasteiger partial charge in [0.1, 0.15) is 0 Å². The van der Waals surface area contributed by atoms with Crippen molar-refractivity contribution >= 4 is 0 Å². The fourth-order valence-electron chi connectivity index (χ4n) is 3.16. The molecule has 0 N–H and O–H groups in total. The number of epoxide rings is 1. The van der Waals surface area contributed by atoms with Crippen LogP contribution in [0.5, 0.6) is 0 Å². The Hall–Kier alpha value is -0.0400. The van der Waals surface area contributed by atoms with E-state index in [1.54, 1.807) is 0 Å². The van der Waals surface area contributed by atoms with Crippen LogP contribution in [0, 0.1) is 5.92 Å². The predicted octanol–water partition coefficient (Wildman–Crippen LogP) is 6.50. The highest BCUT2D eigenvalue weighted by Crippen LogP contribution is 2.33. The molecule has 1 fully saturated rings. The van der Waals surface area contributed by atoms with Gasteiger partial charge >= 0.3 is 0 Å². The standard InChI is InChI=1S/C19H38O/c1-4-5-6-7-8-9-10-11-12-13-14-15-16-18-19(20-18)17(2)3/h17-19H,4-16H2,1-3H3. The number of hydrogen-bond donors (Lipinski definition) is 0. The third-order valence-electron chi connectivity index (χ3n) is 4.62. The monoisotopic (exact) mass is 282 g/mol. The lowest BCUT2D eigenvalue weighted by Crippen LogP contribution is -2.01. The minimum atomic E-state index is 0.586. The van der Waals surface area contributed by atoms with Gasteiger partial charge in [-0.05, 0) is 12.3 Å². The zero-order chi connectivity index (χ0) is 14.6. The third kappa shape index (κ3) is 9.00. The third-order valence-corrected chi connectivity index (χ3v) is 4.62. The van der Waals surface area contributed by atoms with Crippen molar-refractivity contribution in [2.24, 2.45) is 5.92 Å². The molecule has 1 aliphatic heterocycles. The second-order valence-corrected chi connectivity index (χ2v) is 7.06. The first kappa shape index (κ1) is 18.0. The van der Waals surface area contributed by atoms with Gasteiger partial charge in [-0.15, -0.1) is 0 Å². The van der Waals surface area contributed by atoms with Crippen LogP contribution in [0.4, 0.5) is 0 Å². The second-order valence-electron chi connectivity index (χ2n) is 7.06. The van der Waals surface area contributed by atoms with Gasteiger partial charge in [0.25, 0.3) is 0 Å². The molecular weight excluding hydrogens is 244 g/mol. The Morgan fingerprint density at radius 1 is 0.700 bits per heavy atom. The highest BCUT2D eigenvalue weighted by molar-refractivity contribution is 4.86. The predicted molar refractivity (Wildman–Crippen MR) is 89.2 cm³/mol. The first-order valence-corrected chi connectivity index (χ1v) is 9.41. The molecule has 0 spiro atoms. The van der Waals surface area contributed by atoms with Crippen LogP contribution in [-0.4, -0.2) is 12.2 Å². The molecule has 1 nitrogen and oxygen atoms in total. The largest absolute Gasteiger partial charge is 0.369 e. The zero-order valence-electron chi connectivity index (χ0n) is 14.3. The van der Waals surface area contributed by atoms with Crippen LogP contribution in [-0.2, 0) is 4.74 Å². The van der Waals surface area contributed by atoms with Crippen LogP contribution in [0.15, 0.2) is 0 Å². The Labute approximate surface area is 127 Å². The average molecular weight is 283 g/mol. The van der Waals surface area contributed by atoms with Gasteiger partial charge in [0, 0.05) is 0 Å². The van der Waals surface area contributed by atoms with Crippen molar-refractivity contribution in [3.63, 3.8) is 0 Å². The molecular formula is C19H38O. The normalized spacial score (nSPS) is 21.6. The molecule has 0 aromatic heterocycles. The van der Waals surface area contributed by atoms with Gasteiger partial charge in [-0.1, -0.05) is 97.8 Å². The summed E-state index contributed by atoms with van der Waals surface area (Å²) in [4.78, 5) is 0. The van der Waals surface area contributed by atoms with E-state index in [9.17, 15) is 0 Å². The Kier molecular flexibility index (Phi) is 10.4. The van der Waals surface area contributed by atoms with Crippen molar-refractivity contribution in [1.29, 1.82) is 0 Å². The van der Waals surface area contributed by atoms with Crippen LogP contribution in [0.25, 0.3) is 0 Å². The summed E-state index contributed by atoms with van der Waals surface area (Å²) >= 11 is 0. The molecule has 0 saturated carbocycles. The molecule has 0 aliphatic carbocycles. The minimum absolute atomic E-state index is 0.586. The van der Waals surface area contributed by atoms with Crippen molar-refractivity contribution in [3.05, 3.63) is 0 Å². The summed E-state index contributed by atoms with van der Waals surface area (Å²) in [5.74, 6) is 0.720. The Bertz CT molecular complexity index is 212. The van der Waals surface area contributed by atoms with Crippen molar-refractivity contribution in [1.82, 2.24) is 0 Å². The minimum Gasteiger partial charge on any atom is -0.369 e. The molecule has 1 aliphatic rings. The molecule has 1 heteroatoms. The molecule has 2 unspecified atom stereocenters. The highest BCUT2D eigenvalue weighted by Gasteiger charge is 2.39. The smallest absolute Gasteiger partial charge is 0.0864 e. The Balaban J connectivity index is 1.69. The van der Waals surface area contributed by atoms with Crippen LogP contribution in [0.2, 0.25) is 0 Å². The number of hydrogen-bond acceptors (Lipinski definition) is 1. The van der Waals surface area contributed by atoms with E-state index in [0.29, 0.717) is 12.2 Å². The molecule has 1 heterocycles. The summed E-state index contributed by atoms with van der Waals surface area (Å²) in [6.07, 6.45) is 19.8. The maximum Gasteiger partial charge on any atom is 0.0864 e. The van der Waals surface area contributed by atoms with Crippen LogP contribution in [0.3, 0.4) is 0 Å². The molecule has 0 aromatic carbocycles. The van der Waals surface area contributed by atoms with Gasteiger partial charge in [-0.3, -0.25) is 0 Å². The van der Waals surface area contributed by atoms with Gasteiger partial charge in [0.05, 0.1) is 12.2 Å². The van der Waals surface area contributed by atoms with Crippen molar-refractivity contribution in [2.75, 3.05) is 0 Å². The highest BCUT2D eigenvalue weighted by atomic mass is 16.6.